The first-order valence-electron chi connectivity index (χ1n) is 16.5. The highest BCUT2D eigenvalue weighted by Crippen LogP contribution is 2.41. The summed E-state index contributed by atoms with van der Waals surface area (Å²) in [4.78, 5) is 16.7. The number of hydrogen-bond donors (Lipinski definition) is 3. The van der Waals surface area contributed by atoms with Crippen molar-refractivity contribution in [3.05, 3.63) is 36.0 Å². The smallest absolute Gasteiger partial charge is 0.224 e. The molecule has 3 heterocycles. The molecule has 2 aromatic heterocycles. The summed E-state index contributed by atoms with van der Waals surface area (Å²) in [5, 5.41) is 17.1. The molecule has 3 fully saturated rings. The van der Waals surface area contributed by atoms with Crippen LogP contribution in [0.1, 0.15) is 90.5 Å². The Morgan fingerprint density at radius 2 is 1.66 bits per heavy atom. The highest BCUT2D eigenvalue weighted by atomic mass is 19.1. The highest BCUT2D eigenvalue weighted by molar-refractivity contribution is 5.76. The Kier molecular flexibility index (Phi) is 9.63. The average Bonchev–Trinajstić information content (AvgIpc) is 3.37. The maximum Gasteiger partial charge on any atom is 0.224 e. The van der Waals surface area contributed by atoms with Crippen molar-refractivity contribution in [2.24, 2.45) is 5.92 Å². The van der Waals surface area contributed by atoms with E-state index in [0.717, 1.165) is 64.5 Å². The number of rotatable bonds is 10. The van der Waals surface area contributed by atoms with Crippen LogP contribution in [0.4, 0.5) is 26.4 Å². The minimum Gasteiger partial charge on any atom is -0.390 e. The second kappa shape index (κ2) is 13.6. The maximum atomic E-state index is 14.6. The summed E-state index contributed by atoms with van der Waals surface area (Å²) in [6, 6.07) is 4.05. The lowest BCUT2D eigenvalue weighted by Gasteiger charge is -2.36. The van der Waals surface area contributed by atoms with E-state index in [4.69, 9.17) is 9.72 Å². The Bertz CT molecular complexity index is 1370. The number of benzene rings is 1. The summed E-state index contributed by atoms with van der Waals surface area (Å²) in [6.07, 6.45) is 13.2. The Hall–Kier alpha value is -2.89. The molecule has 44 heavy (non-hydrogen) atoms. The van der Waals surface area contributed by atoms with Crippen molar-refractivity contribution in [2.75, 3.05) is 36.9 Å². The molecule has 6 rings (SSSR count). The molecule has 2 aliphatic carbocycles. The predicted molar refractivity (Wildman–Crippen MR) is 168 cm³/mol. The van der Waals surface area contributed by atoms with Gasteiger partial charge in [-0.15, -0.1) is 0 Å². The number of aromatic nitrogens is 4. The number of aliphatic hydroxyl groups is 1. The Balaban J connectivity index is 1.15. The summed E-state index contributed by atoms with van der Waals surface area (Å²) < 4.78 is 37.5. The molecule has 3 N–H and O–H groups in total. The van der Waals surface area contributed by atoms with Crippen LogP contribution in [0.15, 0.2) is 24.4 Å². The Morgan fingerprint density at radius 1 is 0.955 bits per heavy atom. The molecule has 0 amide bonds. The van der Waals surface area contributed by atoms with Gasteiger partial charge in [-0.3, -0.25) is 4.57 Å². The van der Waals surface area contributed by atoms with Crippen LogP contribution in [0.3, 0.4) is 0 Å². The zero-order valence-electron chi connectivity index (χ0n) is 26.1. The van der Waals surface area contributed by atoms with Crippen LogP contribution in [0.2, 0.25) is 0 Å². The molecule has 0 radical (unpaired) electrons. The van der Waals surface area contributed by atoms with Gasteiger partial charge in [-0.2, -0.15) is 4.98 Å². The second-order valence-electron chi connectivity index (χ2n) is 13.5. The first-order chi connectivity index (χ1) is 21.2. The fourth-order valence-corrected chi connectivity index (χ4v) is 7.25. The molecule has 0 unspecified atom stereocenters. The second-order valence-corrected chi connectivity index (χ2v) is 13.5. The number of anilines is 3. The largest absolute Gasteiger partial charge is 0.390 e. The lowest BCUT2D eigenvalue weighted by molar-refractivity contribution is -0.00457. The normalized spacial score (nSPS) is 25.3. The molecular weight excluding hydrogens is 564 g/mol. The number of halogens is 2. The van der Waals surface area contributed by atoms with Gasteiger partial charge >= 0.3 is 0 Å². The molecule has 240 valence electrons. The standard InChI is InChI=1S/C33H47F2N7O2/c1-33(2,43)22-9-13-24(14-10-22)42-30-28(38-32(42)39-29-26(34)7-6-8-27(29)35)21-36-31(40-30)37-23-11-15-25(16-12-23)44-20-19-41-17-4-3-5-18-41/h6-8,21-25,43H,3-5,9-20H2,1-2H3,(H,38,39)(H,36,37,40)/t22?,23-,24?,25-. The minimum atomic E-state index is -0.754. The van der Waals surface area contributed by atoms with Crippen molar-refractivity contribution < 1.29 is 18.6 Å². The van der Waals surface area contributed by atoms with Gasteiger partial charge in [0.05, 0.1) is 24.5 Å². The number of fused-ring (bicyclic) bond motifs is 1. The quantitative estimate of drug-likeness (QED) is 0.237. The van der Waals surface area contributed by atoms with Crippen LogP contribution in [0, 0.1) is 17.6 Å². The topological polar surface area (TPSA) is 100 Å². The van der Waals surface area contributed by atoms with E-state index < -0.39 is 17.2 Å². The predicted octanol–water partition coefficient (Wildman–Crippen LogP) is 6.58. The third-order valence-electron chi connectivity index (χ3n) is 9.91. The van der Waals surface area contributed by atoms with Crippen LogP contribution in [-0.4, -0.2) is 73.5 Å². The molecule has 0 atom stereocenters. The number of ether oxygens (including phenoxy) is 1. The summed E-state index contributed by atoms with van der Waals surface area (Å²) in [6.45, 7) is 7.95. The molecular formula is C33H47F2N7O2. The highest BCUT2D eigenvalue weighted by Gasteiger charge is 2.34. The SMILES string of the molecule is CC(C)(O)C1CCC(n2c(Nc3c(F)cccc3F)nc3cnc(N[C@H]4CC[C@H](OCCN5CCCCC5)CC4)nc32)CC1. The molecule has 11 heteroatoms. The summed E-state index contributed by atoms with van der Waals surface area (Å²) in [5.74, 6) is -0.321. The van der Waals surface area contributed by atoms with Gasteiger partial charge in [-0.1, -0.05) is 12.5 Å². The van der Waals surface area contributed by atoms with Gasteiger partial charge < -0.3 is 25.4 Å². The fraction of sp³-hybridized carbons (Fsp3) is 0.667. The van der Waals surface area contributed by atoms with Gasteiger partial charge in [0, 0.05) is 18.6 Å². The molecule has 9 nitrogen and oxygen atoms in total. The Labute approximate surface area is 258 Å². The molecule has 1 aliphatic heterocycles. The van der Waals surface area contributed by atoms with E-state index in [-0.39, 0.29) is 23.7 Å². The third-order valence-corrected chi connectivity index (χ3v) is 9.91. The fourth-order valence-electron chi connectivity index (χ4n) is 7.25. The number of piperidine rings is 1. The molecule has 2 saturated carbocycles. The monoisotopic (exact) mass is 611 g/mol. The molecule has 3 aromatic rings. The molecule has 3 aliphatic rings. The van der Waals surface area contributed by atoms with E-state index in [1.807, 2.05) is 18.4 Å². The first-order valence-corrected chi connectivity index (χ1v) is 16.5. The van der Waals surface area contributed by atoms with Crippen LogP contribution >= 0.6 is 0 Å². The van der Waals surface area contributed by atoms with E-state index in [1.165, 1.54) is 50.6 Å². The number of hydrogen-bond acceptors (Lipinski definition) is 8. The average molecular weight is 612 g/mol. The van der Waals surface area contributed by atoms with Crippen LogP contribution in [-0.2, 0) is 4.74 Å². The van der Waals surface area contributed by atoms with Crippen LogP contribution in [0.5, 0.6) is 0 Å². The van der Waals surface area contributed by atoms with Gasteiger partial charge in [0.15, 0.2) is 5.65 Å². The lowest BCUT2D eigenvalue weighted by Crippen LogP contribution is -2.35. The summed E-state index contributed by atoms with van der Waals surface area (Å²) in [5.41, 5.74) is 0.194. The first kappa shape index (κ1) is 31.1. The van der Waals surface area contributed by atoms with E-state index in [2.05, 4.69) is 25.5 Å². The summed E-state index contributed by atoms with van der Waals surface area (Å²) in [7, 11) is 0. The van der Waals surface area contributed by atoms with Gasteiger partial charge in [0.2, 0.25) is 11.9 Å². The van der Waals surface area contributed by atoms with E-state index in [0.29, 0.717) is 29.2 Å². The van der Waals surface area contributed by atoms with Crippen LogP contribution < -0.4 is 10.6 Å². The van der Waals surface area contributed by atoms with Gasteiger partial charge in [-0.05, 0) is 109 Å². The maximum absolute atomic E-state index is 14.6. The zero-order chi connectivity index (χ0) is 30.7. The van der Waals surface area contributed by atoms with Crippen molar-refractivity contribution >= 4 is 28.7 Å². The molecule has 0 bridgehead atoms. The third kappa shape index (κ3) is 7.32. The lowest BCUT2D eigenvalue weighted by atomic mass is 9.77. The number of imidazole rings is 1. The van der Waals surface area contributed by atoms with Crippen molar-refractivity contribution in [2.45, 2.75) is 108 Å². The molecule has 0 spiro atoms. The number of nitrogens with one attached hydrogen (secondary N) is 2. The van der Waals surface area contributed by atoms with Gasteiger partial charge in [0.25, 0.3) is 0 Å². The molecule has 1 saturated heterocycles. The number of likely N-dealkylation sites (tertiary alicyclic amines) is 1. The van der Waals surface area contributed by atoms with Crippen molar-refractivity contribution in [1.29, 1.82) is 0 Å². The van der Waals surface area contributed by atoms with Gasteiger partial charge in [0.1, 0.15) is 22.8 Å². The summed E-state index contributed by atoms with van der Waals surface area (Å²) >= 11 is 0. The van der Waals surface area contributed by atoms with E-state index in [1.54, 1.807) is 6.20 Å². The van der Waals surface area contributed by atoms with E-state index in [9.17, 15) is 13.9 Å². The number of nitrogens with zero attached hydrogens (tertiary/aromatic N) is 5. The van der Waals surface area contributed by atoms with E-state index >= 15 is 0 Å². The molecule has 1 aromatic carbocycles. The van der Waals surface area contributed by atoms with Crippen molar-refractivity contribution in [1.82, 2.24) is 24.4 Å². The zero-order valence-corrected chi connectivity index (χ0v) is 26.1. The number of para-hydroxylation sites is 1. The van der Waals surface area contributed by atoms with Crippen molar-refractivity contribution in [3.8, 4) is 0 Å². The Morgan fingerprint density at radius 3 is 2.34 bits per heavy atom. The minimum absolute atomic E-state index is 0.0104. The van der Waals surface area contributed by atoms with Crippen molar-refractivity contribution in [3.63, 3.8) is 0 Å². The van der Waals surface area contributed by atoms with Crippen LogP contribution in [0.25, 0.3) is 11.2 Å². The van der Waals surface area contributed by atoms with Gasteiger partial charge in [-0.25, -0.2) is 18.7 Å².